The van der Waals surface area contributed by atoms with Gasteiger partial charge >= 0.3 is 6.03 Å². The van der Waals surface area contributed by atoms with E-state index in [9.17, 15) is 4.79 Å². The minimum atomic E-state index is -0.0298. The Balaban J connectivity index is 1.84. The number of hydrogen-bond donors (Lipinski definition) is 1. The minimum Gasteiger partial charge on any atom is -0.399 e. The van der Waals surface area contributed by atoms with Crippen molar-refractivity contribution < 1.29 is 4.79 Å². The molecule has 1 aliphatic heterocycles. The van der Waals surface area contributed by atoms with E-state index in [1.54, 1.807) is 34.3 Å². The normalized spacial score (nSPS) is 15.1. The van der Waals surface area contributed by atoms with Gasteiger partial charge < -0.3 is 5.73 Å². The van der Waals surface area contributed by atoms with Gasteiger partial charge in [-0.15, -0.1) is 0 Å². The van der Waals surface area contributed by atoms with E-state index in [-0.39, 0.29) is 6.03 Å². The van der Waals surface area contributed by atoms with E-state index in [0.29, 0.717) is 18.8 Å². The first-order valence-electron chi connectivity index (χ1n) is 6.10. The van der Waals surface area contributed by atoms with Crippen molar-refractivity contribution in [3.63, 3.8) is 0 Å². The van der Waals surface area contributed by atoms with Crippen molar-refractivity contribution in [3.05, 3.63) is 48.8 Å². The van der Waals surface area contributed by atoms with Crippen LogP contribution in [0.25, 0.3) is 0 Å². The molecule has 2 amide bonds. The number of urea groups is 1. The lowest BCUT2D eigenvalue weighted by Gasteiger charge is -2.18. The summed E-state index contributed by atoms with van der Waals surface area (Å²) in [5.41, 5.74) is 8.04. The largest absolute Gasteiger partial charge is 0.399 e. The van der Waals surface area contributed by atoms with E-state index in [1.165, 1.54) is 0 Å². The molecule has 1 saturated heterocycles. The maximum atomic E-state index is 12.4. The first-order chi connectivity index (χ1) is 9.25. The Bertz CT molecular complexity index is 582. The van der Waals surface area contributed by atoms with Crippen molar-refractivity contribution in [2.45, 2.75) is 0 Å². The van der Waals surface area contributed by atoms with Gasteiger partial charge in [-0.2, -0.15) is 0 Å². The van der Waals surface area contributed by atoms with Crippen molar-refractivity contribution in [1.29, 1.82) is 0 Å². The predicted octanol–water partition coefficient (Wildman–Crippen LogP) is 2.11. The average molecular weight is 254 g/mol. The van der Waals surface area contributed by atoms with E-state index in [1.807, 2.05) is 24.3 Å². The lowest BCUT2D eigenvalue weighted by atomic mass is 10.2. The summed E-state index contributed by atoms with van der Waals surface area (Å²) < 4.78 is 0. The number of nitrogens with two attached hydrogens (primary N) is 1. The number of rotatable bonds is 2. The highest BCUT2D eigenvalue weighted by atomic mass is 16.2. The smallest absolute Gasteiger partial charge is 0.329 e. The van der Waals surface area contributed by atoms with Crippen molar-refractivity contribution in [2.24, 2.45) is 0 Å². The second-order valence-corrected chi connectivity index (χ2v) is 4.39. The highest BCUT2D eigenvalue weighted by Gasteiger charge is 2.30. The van der Waals surface area contributed by atoms with Crippen molar-refractivity contribution in [3.8, 4) is 0 Å². The summed E-state index contributed by atoms with van der Waals surface area (Å²) in [5, 5.41) is 0. The number of hydrogen-bond acceptors (Lipinski definition) is 3. The van der Waals surface area contributed by atoms with E-state index in [0.717, 1.165) is 11.4 Å². The van der Waals surface area contributed by atoms with E-state index in [2.05, 4.69) is 4.98 Å². The van der Waals surface area contributed by atoms with Crippen LogP contribution in [-0.4, -0.2) is 24.1 Å². The summed E-state index contributed by atoms with van der Waals surface area (Å²) in [6, 6.07) is 11.0. The fourth-order valence-corrected chi connectivity index (χ4v) is 2.18. The Morgan fingerprint density at radius 2 is 1.68 bits per heavy atom. The molecule has 0 radical (unpaired) electrons. The first-order valence-corrected chi connectivity index (χ1v) is 6.10. The van der Waals surface area contributed by atoms with Crippen LogP contribution in [0.15, 0.2) is 48.8 Å². The third-order valence-electron chi connectivity index (χ3n) is 3.17. The number of nitrogen functional groups attached to an aromatic ring is 1. The fraction of sp³-hybridized carbons (Fsp3) is 0.143. The van der Waals surface area contributed by atoms with Gasteiger partial charge in [0, 0.05) is 30.7 Å². The zero-order valence-electron chi connectivity index (χ0n) is 10.4. The average Bonchev–Trinajstić information content (AvgIpc) is 2.83. The summed E-state index contributed by atoms with van der Waals surface area (Å²) in [6.45, 7) is 1.33. The minimum absolute atomic E-state index is 0.0298. The Kier molecular flexibility index (Phi) is 2.79. The van der Waals surface area contributed by atoms with E-state index >= 15 is 0 Å². The van der Waals surface area contributed by atoms with Gasteiger partial charge in [-0.1, -0.05) is 0 Å². The molecule has 1 aromatic heterocycles. The van der Waals surface area contributed by atoms with Crippen LogP contribution in [0.2, 0.25) is 0 Å². The maximum Gasteiger partial charge on any atom is 0.329 e. The first kappa shape index (κ1) is 11.5. The van der Waals surface area contributed by atoms with Crippen molar-refractivity contribution in [2.75, 3.05) is 28.6 Å². The number of nitrogens with zero attached hydrogens (tertiary/aromatic N) is 3. The van der Waals surface area contributed by atoms with Gasteiger partial charge in [-0.25, -0.2) is 4.79 Å². The molecule has 2 aromatic rings. The molecule has 1 fully saturated rings. The molecule has 5 heteroatoms. The van der Waals surface area contributed by atoms with Gasteiger partial charge in [0.2, 0.25) is 0 Å². The third kappa shape index (κ3) is 2.10. The molecule has 96 valence electrons. The number of aromatic nitrogens is 1. The second kappa shape index (κ2) is 4.61. The summed E-state index contributed by atoms with van der Waals surface area (Å²) in [4.78, 5) is 19.9. The van der Waals surface area contributed by atoms with Crippen molar-refractivity contribution >= 4 is 23.1 Å². The second-order valence-electron chi connectivity index (χ2n) is 4.39. The summed E-state index contributed by atoms with van der Waals surface area (Å²) >= 11 is 0. The van der Waals surface area contributed by atoms with Crippen LogP contribution in [0.1, 0.15) is 0 Å². The van der Waals surface area contributed by atoms with Gasteiger partial charge in [0.15, 0.2) is 0 Å². The number of amides is 2. The van der Waals surface area contributed by atoms with Crippen LogP contribution < -0.4 is 15.5 Å². The molecule has 19 heavy (non-hydrogen) atoms. The molecule has 2 N–H and O–H groups in total. The van der Waals surface area contributed by atoms with Gasteiger partial charge in [-0.05, 0) is 36.4 Å². The number of benzene rings is 1. The van der Waals surface area contributed by atoms with Gasteiger partial charge in [0.05, 0.1) is 11.9 Å². The lowest BCUT2D eigenvalue weighted by Crippen LogP contribution is -2.31. The number of carbonyl (C=O) groups excluding carboxylic acids is 1. The zero-order chi connectivity index (χ0) is 13.2. The lowest BCUT2D eigenvalue weighted by molar-refractivity contribution is 0.256. The standard InChI is InChI=1S/C14H14N4O/c15-11-3-5-12(6-4-11)17-8-9-18(14(17)19)13-2-1-7-16-10-13/h1-7,10H,8-9,15H2. The molecule has 0 spiro atoms. The van der Waals surface area contributed by atoms with E-state index < -0.39 is 0 Å². The Hall–Kier alpha value is -2.56. The summed E-state index contributed by atoms with van der Waals surface area (Å²) in [6.07, 6.45) is 3.40. The highest BCUT2D eigenvalue weighted by molar-refractivity contribution is 6.06. The fourth-order valence-electron chi connectivity index (χ4n) is 2.18. The van der Waals surface area contributed by atoms with Gasteiger partial charge in [-0.3, -0.25) is 14.8 Å². The summed E-state index contributed by atoms with van der Waals surface area (Å²) in [7, 11) is 0. The number of pyridine rings is 1. The highest BCUT2D eigenvalue weighted by Crippen LogP contribution is 2.24. The van der Waals surface area contributed by atoms with E-state index in [4.69, 9.17) is 5.73 Å². The van der Waals surface area contributed by atoms with Crippen LogP contribution in [0, 0.1) is 0 Å². The number of anilines is 3. The molecular weight excluding hydrogens is 240 g/mol. The summed E-state index contributed by atoms with van der Waals surface area (Å²) in [5.74, 6) is 0. The van der Waals surface area contributed by atoms with Gasteiger partial charge in [0.1, 0.15) is 0 Å². The molecule has 3 rings (SSSR count). The molecule has 2 heterocycles. The molecule has 0 aliphatic carbocycles. The zero-order valence-corrected chi connectivity index (χ0v) is 10.4. The molecular formula is C14H14N4O. The molecule has 0 saturated carbocycles. The Morgan fingerprint density at radius 1 is 1.00 bits per heavy atom. The SMILES string of the molecule is Nc1ccc(N2CCN(c3cccnc3)C2=O)cc1. The number of carbonyl (C=O) groups is 1. The van der Waals surface area contributed by atoms with Gasteiger partial charge in [0.25, 0.3) is 0 Å². The third-order valence-corrected chi connectivity index (χ3v) is 3.17. The van der Waals surface area contributed by atoms with Crippen LogP contribution in [0.4, 0.5) is 21.9 Å². The van der Waals surface area contributed by atoms with Crippen LogP contribution in [0.3, 0.4) is 0 Å². The predicted molar refractivity (Wildman–Crippen MR) is 75.2 cm³/mol. The topological polar surface area (TPSA) is 62.5 Å². The molecule has 0 unspecified atom stereocenters. The Morgan fingerprint density at radius 3 is 2.32 bits per heavy atom. The molecule has 0 atom stereocenters. The van der Waals surface area contributed by atoms with Crippen LogP contribution in [0.5, 0.6) is 0 Å². The molecule has 1 aliphatic rings. The Labute approximate surface area is 111 Å². The van der Waals surface area contributed by atoms with Crippen molar-refractivity contribution in [1.82, 2.24) is 4.98 Å². The maximum absolute atomic E-state index is 12.4. The molecule has 1 aromatic carbocycles. The van der Waals surface area contributed by atoms with Crippen LogP contribution >= 0.6 is 0 Å². The monoisotopic (exact) mass is 254 g/mol. The molecule has 0 bridgehead atoms. The van der Waals surface area contributed by atoms with Crippen LogP contribution in [-0.2, 0) is 0 Å². The molecule has 5 nitrogen and oxygen atoms in total. The quantitative estimate of drug-likeness (QED) is 0.835.